The van der Waals surface area contributed by atoms with E-state index in [2.05, 4.69) is 17.0 Å². The number of carbonyl (C=O) groups excluding carboxylic acids is 1. The summed E-state index contributed by atoms with van der Waals surface area (Å²) in [5, 5.41) is 1.82. The zero-order chi connectivity index (χ0) is 19.3. The van der Waals surface area contributed by atoms with Gasteiger partial charge in [-0.15, -0.1) is 0 Å². The fourth-order valence-electron chi connectivity index (χ4n) is 4.28. The zero-order valence-electron chi connectivity index (χ0n) is 16.3. The number of carbonyl (C=O) groups is 1. The first-order valence-electron chi connectivity index (χ1n) is 10.3. The van der Waals surface area contributed by atoms with Crippen molar-refractivity contribution in [3.8, 4) is 0 Å². The smallest absolute Gasteiger partial charge is 0.222 e. The Hall–Kier alpha value is -1.69. The summed E-state index contributed by atoms with van der Waals surface area (Å²) in [5.74, 6) is 0.883. The Morgan fingerprint density at radius 2 is 2.04 bits per heavy atom. The molecule has 0 aliphatic carbocycles. The molecule has 0 unspecified atom stereocenters. The van der Waals surface area contributed by atoms with Gasteiger partial charge in [0.15, 0.2) is 0 Å². The Labute approximate surface area is 171 Å². The van der Waals surface area contributed by atoms with Crippen molar-refractivity contribution in [2.24, 2.45) is 5.92 Å². The number of pyridine rings is 1. The van der Waals surface area contributed by atoms with E-state index in [0.29, 0.717) is 25.6 Å². The summed E-state index contributed by atoms with van der Waals surface area (Å²) in [6.07, 6.45) is 4.06. The summed E-state index contributed by atoms with van der Waals surface area (Å²) in [7, 11) is 0. The Bertz CT molecular complexity index is 823. The standard InChI is InChI=1S/C22H28ClN3O2/c23-19-5-7-21-18(14-19)4-6-20(24-21)16-25-9-1-2-17(15-25)3-8-22(27)26-10-12-28-13-11-26/h4-7,14,17H,1-3,8-13,15-16H2/t17-/m1/s1. The second kappa shape index (κ2) is 9.21. The van der Waals surface area contributed by atoms with Gasteiger partial charge in [0, 0.05) is 43.0 Å². The fourth-order valence-corrected chi connectivity index (χ4v) is 4.47. The molecule has 0 radical (unpaired) electrons. The molecule has 0 saturated carbocycles. The molecule has 5 nitrogen and oxygen atoms in total. The van der Waals surface area contributed by atoms with E-state index < -0.39 is 0 Å². The maximum atomic E-state index is 12.4. The number of piperidine rings is 1. The largest absolute Gasteiger partial charge is 0.378 e. The molecule has 2 aromatic rings. The zero-order valence-corrected chi connectivity index (χ0v) is 17.0. The number of benzene rings is 1. The normalized spacial score (nSPS) is 21.2. The van der Waals surface area contributed by atoms with Gasteiger partial charge in [-0.2, -0.15) is 0 Å². The molecule has 2 fully saturated rings. The molecule has 2 aliphatic rings. The van der Waals surface area contributed by atoms with E-state index in [1.54, 1.807) is 0 Å². The Morgan fingerprint density at radius 3 is 2.89 bits per heavy atom. The number of rotatable bonds is 5. The lowest BCUT2D eigenvalue weighted by atomic mass is 9.93. The monoisotopic (exact) mass is 401 g/mol. The number of hydrogen-bond donors (Lipinski definition) is 0. The SMILES string of the molecule is O=C(CC[C@H]1CCCN(Cc2ccc3cc(Cl)ccc3n2)C1)N1CCOCC1. The van der Waals surface area contributed by atoms with Crippen LogP contribution in [0.4, 0.5) is 0 Å². The third-order valence-electron chi connectivity index (χ3n) is 5.83. The fraction of sp³-hybridized carbons (Fsp3) is 0.545. The van der Waals surface area contributed by atoms with Gasteiger partial charge in [-0.3, -0.25) is 14.7 Å². The van der Waals surface area contributed by atoms with Crippen LogP contribution in [0.3, 0.4) is 0 Å². The first kappa shape index (κ1) is 19.6. The number of nitrogens with zero attached hydrogens (tertiary/aromatic N) is 3. The molecule has 0 N–H and O–H groups in total. The van der Waals surface area contributed by atoms with Gasteiger partial charge in [-0.1, -0.05) is 17.7 Å². The molecule has 1 aromatic carbocycles. The summed E-state index contributed by atoms with van der Waals surface area (Å²) in [6, 6.07) is 10.0. The molecule has 2 saturated heterocycles. The number of fused-ring (bicyclic) bond motifs is 1. The highest BCUT2D eigenvalue weighted by Crippen LogP contribution is 2.24. The van der Waals surface area contributed by atoms with Crippen LogP contribution in [0.25, 0.3) is 10.9 Å². The highest BCUT2D eigenvalue weighted by atomic mass is 35.5. The molecule has 150 valence electrons. The Balaban J connectivity index is 1.30. The molecule has 0 spiro atoms. The van der Waals surface area contributed by atoms with Crippen molar-refractivity contribution in [3.05, 3.63) is 41.0 Å². The van der Waals surface area contributed by atoms with Gasteiger partial charge < -0.3 is 9.64 Å². The van der Waals surface area contributed by atoms with Crippen LogP contribution in [-0.4, -0.2) is 60.1 Å². The first-order valence-corrected chi connectivity index (χ1v) is 10.7. The van der Waals surface area contributed by atoms with Gasteiger partial charge in [0.25, 0.3) is 0 Å². The van der Waals surface area contributed by atoms with Crippen LogP contribution in [0.1, 0.15) is 31.4 Å². The van der Waals surface area contributed by atoms with E-state index in [1.807, 2.05) is 23.1 Å². The van der Waals surface area contributed by atoms with Gasteiger partial charge in [0.1, 0.15) is 0 Å². The molecule has 1 aromatic heterocycles. The van der Waals surface area contributed by atoms with E-state index in [0.717, 1.165) is 60.8 Å². The van der Waals surface area contributed by atoms with Crippen molar-refractivity contribution >= 4 is 28.4 Å². The minimum atomic E-state index is 0.287. The summed E-state index contributed by atoms with van der Waals surface area (Å²) in [4.78, 5) is 21.6. The van der Waals surface area contributed by atoms with Crippen LogP contribution in [0.2, 0.25) is 5.02 Å². The predicted molar refractivity (Wildman–Crippen MR) is 111 cm³/mol. The minimum absolute atomic E-state index is 0.287. The van der Waals surface area contributed by atoms with Crippen molar-refractivity contribution in [2.45, 2.75) is 32.2 Å². The molecule has 1 atom stereocenters. The lowest BCUT2D eigenvalue weighted by molar-refractivity contribution is -0.135. The Morgan fingerprint density at radius 1 is 1.18 bits per heavy atom. The minimum Gasteiger partial charge on any atom is -0.378 e. The van der Waals surface area contributed by atoms with E-state index in [-0.39, 0.29) is 5.91 Å². The van der Waals surface area contributed by atoms with E-state index in [9.17, 15) is 4.79 Å². The number of likely N-dealkylation sites (tertiary alicyclic amines) is 1. The van der Waals surface area contributed by atoms with Crippen LogP contribution in [-0.2, 0) is 16.1 Å². The topological polar surface area (TPSA) is 45.7 Å². The maximum absolute atomic E-state index is 12.4. The summed E-state index contributed by atoms with van der Waals surface area (Å²) in [5.41, 5.74) is 2.09. The second-order valence-corrected chi connectivity index (χ2v) is 8.35. The molecular formula is C22H28ClN3O2. The van der Waals surface area contributed by atoms with E-state index >= 15 is 0 Å². The number of amides is 1. The quantitative estimate of drug-likeness (QED) is 0.765. The summed E-state index contributed by atoms with van der Waals surface area (Å²) in [6.45, 7) is 5.86. The van der Waals surface area contributed by atoms with Crippen molar-refractivity contribution in [2.75, 3.05) is 39.4 Å². The van der Waals surface area contributed by atoms with Crippen LogP contribution in [0.15, 0.2) is 30.3 Å². The lowest BCUT2D eigenvalue weighted by Gasteiger charge is -2.33. The van der Waals surface area contributed by atoms with Crippen LogP contribution in [0.5, 0.6) is 0 Å². The van der Waals surface area contributed by atoms with Gasteiger partial charge >= 0.3 is 0 Å². The number of aromatic nitrogens is 1. The number of hydrogen-bond acceptors (Lipinski definition) is 4. The maximum Gasteiger partial charge on any atom is 0.222 e. The molecule has 1 amide bonds. The van der Waals surface area contributed by atoms with Gasteiger partial charge in [-0.25, -0.2) is 0 Å². The average Bonchev–Trinajstić information content (AvgIpc) is 2.73. The molecule has 2 aliphatic heterocycles. The molecule has 4 rings (SSSR count). The number of ether oxygens (including phenoxy) is 1. The molecule has 3 heterocycles. The number of halogens is 1. The predicted octanol–water partition coefficient (Wildman–Crippen LogP) is 3.74. The number of morpholine rings is 1. The van der Waals surface area contributed by atoms with Gasteiger partial charge in [-0.05, 0) is 56.0 Å². The molecular weight excluding hydrogens is 374 g/mol. The molecule has 28 heavy (non-hydrogen) atoms. The van der Waals surface area contributed by atoms with Crippen molar-refractivity contribution < 1.29 is 9.53 Å². The third kappa shape index (κ3) is 5.02. The third-order valence-corrected chi connectivity index (χ3v) is 6.06. The second-order valence-electron chi connectivity index (χ2n) is 7.91. The van der Waals surface area contributed by atoms with Crippen molar-refractivity contribution in [1.82, 2.24) is 14.8 Å². The van der Waals surface area contributed by atoms with Crippen molar-refractivity contribution in [1.29, 1.82) is 0 Å². The van der Waals surface area contributed by atoms with E-state index in [1.165, 1.54) is 12.8 Å². The van der Waals surface area contributed by atoms with Crippen LogP contribution in [0, 0.1) is 5.92 Å². The van der Waals surface area contributed by atoms with Gasteiger partial charge in [0.05, 0.1) is 24.4 Å². The van der Waals surface area contributed by atoms with Crippen LogP contribution >= 0.6 is 11.6 Å². The molecule has 0 bridgehead atoms. The lowest BCUT2D eigenvalue weighted by Crippen LogP contribution is -2.41. The highest BCUT2D eigenvalue weighted by molar-refractivity contribution is 6.31. The first-order chi connectivity index (χ1) is 13.7. The summed E-state index contributed by atoms with van der Waals surface area (Å²) < 4.78 is 5.33. The van der Waals surface area contributed by atoms with Crippen molar-refractivity contribution in [3.63, 3.8) is 0 Å². The van der Waals surface area contributed by atoms with Crippen LogP contribution < -0.4 is 0 Å². The highest BCUT2D eigenvalue weighted by Gasteiger charge is 2.23. The van der Waals surface area contributed by atoms with E-state index in [4.69, 9.17) is 21.3 Å². The summed E-state index contributed by atoms with van der Waals surface area (Å²) >= 11 is 6.06. The Kier molecular flexibility index (Phi) is 6.45. The van der Waals surface area contributed by atoms with Gasteiger partial charge in [0.2, 0.25) is 5.91 Å². The average molecular weight is 402 g/mol. The molecule has 6 heteroatoms.